The third-order valence-corrected chi connectivity index (χ3v) is 4.64. The molecule has 0 bridgehead atoms. The molecule has 1 aromatic carbocycles. The van der Waals surface area contributed by atoms with Crippen molar-refractivity contribution in [3.05, 3.63) is 42.1 Å². The van der Waals surface area contributed by atoms with E-state index in [0.717, 1.165) is 28.6 Å². The lowest BCUT2D eigenvalue weighted by molar-refractivity contribution is -0.868. The van der Waals surface area contributed by atoms with Crippen LogP contribution in [0.4, 0.5) is 5.82 Å². The van der Waals surface area contributed by atoms with Crippen molar-refractivity contribution < 1.29 is 9.28 Å². The summed E-state index contributed by atoms with van der Waals surface area (Å²) in [5, 5.41) is 6.03. The van der Waals surface area contributed by atoms with Gasteiger partial charge < -0.3 is 15.1 Å². The summed E-state index contributed by atoms with van der Waals surface area (Å²) >= 11 is 0. The summed E-state index contributed by atoms with van der Waals surface area (Å²) in [4.78, 5) is 26.4. The largest absolute Gasteiger partial charge is 0.363 e. The van der Waals surface area contributed by atoms with E-state index in [1.54, 1.807) is 19.3 Å². The van der Waals surface area contributed by atoms with Gasteiger partial charge in [0.25, 0.3) is 5.91 Å². The van der Waals surface area contributed by atoms with Gasteiger partial charge in [0, 0.05) is 7.05 Å². The molecule has 3 heterocycles. The van der Waals surface area contributed by atoms with E-state index in [0.29, 0.717) is 28.2 Å². The molecule has 8 heteroatoms. The van der Waals surface area contributed by atoms with Crippen LogP contribution in [0.1, 0.15) is 10.4 Å². The Bertz CT molecular complexity index is 1190. The Labute approximate surface area is 162 Å². The number of rotatable bonds is 5. The maximum absolute atomic E-state index is 12.4. The molecule has 0 atom stereocenters. The second-order valence-corrected chi connectivity index (χ2v) is 7.80. The second kappa shape index (κ2) is 6.72. The molecule has 0 fully saturated rings. The van der Waals surface area contributed by atoms with Crippen LogP contribution < -0.4 is 10.6 Å². The standard InChI is InChI=1S/C20H23N7O/c1-21-20(28)13-11-15-19(25-17(12-23-15)22-9-10-27(2,3)4)26-16-8-6-5-7-14(16)24-18(13)26/h5-8,11-12H,9-10H2,1-4H3,(H-,21,22,24,25,28)/p+1. The van der Waals surface area contributed by atoms with E-state index in [1.165, 1.54) is 0 Å². The lowest BCUT2D eigenvalue weighted by Gasteiger charge is -2.23. The topological polar surface area (TPSA) is 84.2 Å². The van der Waals surface area contributed by atoms with Gasteiger partial charge in [-0.25, -0.2) is 15.0 Å². The lowest BCUT2D eigenvalue weighted by atomic mass is 10.2. The normalized spacial score (nSPS) is 12.0. The first-order valence-corrected chi connectivity index (χ1v) is 9.21. The molecule has 0 spiro atoms. The van der Waals surface area contributed by atoms with Crippen molar-refractivity contribution in [1.82, 2.24) is 24.7 Å². The van der Waals surface area contributed by atoms with E-state index < -0.39 is 0 Å². The molecule has 0 aliphatic rings. The van der Waals surface area contributed by atoms with Crippen LogP contribution >= 0.6 is 0 Å². The number of hydrogen-bond donors (Lipinski definition) is 2. The van der Waals surface area contributed by atoms with Gasteiger partial charge in [-0.3, -0.25) is 9.20 Å². The van der Waals surface area contributed by atoms with Gasteiger partial charge in [0.2, 0.25) is 0 Å². The number of hydrogen-bond acceptors (Lipinski definition) is 5. The average Bonchev–Trinajstić information content (AvgIpc) is 3.05. The summed E-state index contributed by atoms with van der Waals surface area (Å²) in [6.07, 6.45) is 1.70. The minimum atomic E-state index is -0.200. The number of para-hydroxylation sites is 2. The van der Waals surface area contributed by atoms with Crippen molar-refractivity contribution in [1.29, 1.82) is 0 Å². The minimum absolute atomic E-state index is 0.200. The van der Waals surface area contributed by atoms with Crippen molar-refractivity contribution in [2.45, 2.75) is 0 Å². The van der Waals surface area contributed by atoms with Crippen LogP contribution in [-0.2, 0) is 0 Å². The first-order chi connectivity index (χ1) is 13.4. The Morgan fingerprint density at radius 2 is 1.89 bits per heavy atom. The molecule has 0 unspecified atom stereocenters. The van der Waals surface area contributed by atoms with Gasteiger partial charge in [0.05, 0.1) is 57.0 Å². The fraction of sp³-hybridized carbons (Fsp3) is 0.300. The van der Waals surface area contributed by atoms with Crippen molar-refractivity contribution in [2.24, 2.45) is 0 Å². The Morgan fingerprint density at radius 3 is 2.64 bits per heavy atom. The van der Waals surface area contributed by atoms with Crippen LogP contribution in [0.5, 0.6) is 0 Å². The van der Waals surface area contributed by atoms with Gasteiger partial charge in [-0.05, 0) is 18.2 Å². The molecule has 0 radical (unpaired) electrons. The van der Waals surface area contributed by atoms with Crippen molar-refractivity contribution in [3.8, 4) is 0 Å². The number of benzene rings is 1. The number of nitrogens with one attached hydrogen (secondary N) is 2. The molecule has 0 aliphatic carbocycles. The summed E-state index contributed by atoms with van der Waals surface area (Å²) in [6.45, 7) is 1.74. The fourth-order valence-corrected chi connectivity index (χ4v) is 3.18. The number of quaternary nitrogens is 1. The molecule has 0 saturated heterocycles. The number of carbonyl (C=O) groups is 1. The quantitative estimate of drug-likeness (QED) is 0.518. The predicted octanol–water partition coefficient (Wildman–Crippen LogP) is 1.91. The number of nitrogens with zero attached hydrogens (tertiary/aromatic N) is 5. The highest BCUT2D eigenvalue weighted by molar-refractivity contribution is 6.04. The van der Waals surface area contributed by atoms with Gasteiger partial charge in [-0.2, -0.15) is 0 Å². The van der Waals surface area contributed by atoms with Crippen LogP contribution in [0.2, 0.25) is 0 Å². The smallest absolute Gasteiger partial charge is 0.254 e. The zero-order valence-electron chi connectivity index (χ0n) is 16.5. The van der Waals surface area contributed by atoms with E-state index in [-0.39, 0.29) is 5.91 Å². The molecular weight excluding hydrogens is 354 g/mol. The lowest BCUT2D eigenvalue weighted by Crippen LogP contribution is -2.38. The number of anilines is 1. The number of imidazole rings is 1. The van der Waals surface area contributed by atoms with Gasteiger partial charge in [-0.15, -0.1) is 0 Å². The maximum atomic E-state index is 12.4. The number of likely N-dealkylation sites (N-methyl/N-ethyl adjacent to an activating group) is 1. The van der Waals surface area contributed by atoms with Crippen LogP contribution in [-0.4, -0.2) is 71.0 Å². The average molecular weight is 378 g/mol. The second-order valence-electron chi connectivity index (χ2n) is 7.80. The van der Waals surface area contributed by atoms with Gasteiger partial charge in [0.15, 0.2) is 11.3 Å². The van der Waals surface area contributed by atoms with E-state index in [4.69, 9.17) is 4.98 Å². The zero-order chi connectivity index (χ0) is 19.9. The molecule has 28 heavy (non-hydrogen) atoms. The molecular formula is C20H24N7O+. The number of fused-ring (bicyclic) bond motifs is 5. The highest BCUT2D eigenvalue weighted by Crippen LogP contribution is 2.25. The van der Waals surface area contributed by atoms with Crippen LogP contribution in [0.3, 0.4) is 0 Å². The van der Waals surface area contributed by atoms with E-state index in [1.807, 2.05) is 28.7 Å². The highest BCUT2D eigenvalue weighted by atomic mass is 16.1. The van der Waals surface area contributed by atoms with Crippen LogP contribution in [0.25, 0.3) is 27.8 Å². The summed E-state index contributed by atoms with van der Waals surface area (Å²) in [5.74, 6) is 0.502. The predicted molar refractivity (Wildman–Crippen MR) is 111 cm³/mol. The molecule has 1 amide bonds. The molecule has 144 valence electrons. The Morgan fingerprint density at radius 1 is 1.11 bits per heavy atom. The maximum Gasteiger partial charge on any atom is 0.254 e. The molecule has 2 N–H and O–H groups in total. The summed E-state index contributed by atoms with van der Waals surface area (Å²) < 4.78 is 2.77. The third-order valence-electron chi connectivity index (χ3n) is 4.64. The Kier molecular flexibility index (Phi) is 4.35. The zero-order valence-corrected chi connectivity index (χ0v) is 16.5. The molecule has 0 saturated carbocycles. The SMILES string of the molecule is CNC(=O)c1cc2ncc(NCC[N+](C)(C)C)nc2n2c1nc1ccccc12. The summed E-state index contributed by atoms with van der Waals surface area (Å²) in [5.41, 5.74) is 4.08. The van der Waals surface area contributed by atoms with Crippen molar-refractivity contribution in [2.75, 3.05) is 46.6 Å². The Hall–Kier alpha value is -3.26. The number of aromatic nitrogens is 4. The molecule has 4 aromatic rings. The fourth-order valence-electron chi connectivity index (χ4n) is 3.18. The van der Waals surface area contributed by atoms with Gasteiger partial charge in [-0.1, -0.05) is 12.1 Å². The number of carbonyl (C=O) groups excluding carboxylic acids is 1. The summed E-state index contributed by atoms with van der Waals surface area (Å²) in [7, 11) is 8.05. The minimum Gasteiger partial charge on any atom is -0.363 e. The third kappa shape index (κ3) is 3.22. The van der Waals surface area contributed by atoms with E-state index in [2.05, 4.69) is 41.7 Å². The monoisotopic (exact) mass is 378 g/mol. The first-order valence-electron chi connectivity index (χ1n) is 9.21. The van der Waals surface area contributed by atoms with E-state index in [9.17, 15) is 4.79 Å². The van der Waals surface area contributed by atoms with Crippen molar-refractivity contribution >= 4 is 39.6 Å². The first kappa shape index (κ1) is 18.1. The van der Waals surface area contributed by atoms with Crippen LogP contribution in [0.15, 0.2) is 36.5 Å². The van der Waals surface area contributed by atoms with Crippen molar-refractivity contribution in [3.63, 3.8) is 0 Å². The van der Waals surface area contributed by atoms with E-state index >= 15 is 0 Å². The molecule has 8 nitrogen and oxygen atoms in total. The molecule has 0 aliphatic heterocycles. The Balaban J connectivity index is 1.90. The molecule has 4 rings (SSSR count). The van der Waals surface area contributed by atoms with Crippen LogP contribution in [0, 0.1) is 0 Å². The summed E-state index contributed by atoms with van der Waals surface area (Å²) in [6, 6.07) is 9.53. The number of pyridine rings is 1. The highest BCUT2D eigenvalue weighted by Gasteiger charge is 2.18. The van der Waals surface area contributed by atoms with Gasteiger partial charge >= 0.3 is 0 Å². The number of amides is 1. The van der Waals surface area contributed by atoms with Gasteiger partial charge in [0.1, 0.15) is 11.3 Å². The molecule has 3 aromatic heterocycles.